The van der Waals surface area contributed by atoms with E-state index in [-0.39, 0.29) is 6.10 Å². The lowest BCUT2D eigenvalue weighted by Crippen LogP contribution is -2.14. The van der Waals surface area contributed by atoms with Crippen LogP contribution in [0, 0.1) is 0 Å². The Bertz CT molecular complexity index is 253. The maximum Gasteiger partial charge on any atom is 0.264 e. The van der Waals surface area contributed by atoms with E-state index in [1.54, 1.807) is 0 Å². The lowest BCUT2D eigenvalue weighted by atomic mass is 10.2. The molecule has 0 aliphatic heterocycles. The molecule has 0 unspecified atom stereocenters. The zero-order chi connectivity index (χ0) is 9.03. The third-order valence-corrected chi connectivity index (χ3v) is 2.36. The Balaban J connectivity index is 2.51. The molecule has 12 heavy (non-hydrogen) atoms. The molecule has 0 fully saturated rings. The highest BCUT2D eigenvalue weighted by atomic mass is 32.2. The van der Waals surface area contributed by atoms with Crippen LogP contribution in [0.4, 0.5) is 0 Å². The molecule has 0 amide bonds. The predicted molar refractivity (Wildman–Crippen MR) is 47.3 cm³/mol. The summed E-state index contributed by atoms with van der Waals surface area (Å²) in [5.74, 6) is 0. The Labute approximate surface area is 73.5 Å². The summed E-state index contributed by atoms with van der Waals surface area (Å²) in [4.78, 5) is 0. The van der Waals surface area contributed by atoms with Crippen molar-refractivity contribution in [1.82, 2.24) is 0 Å². The largest absolute Gasteiger partial charge is 0.264 e. The van der Waals surface area contributed by atoms with E-state index >= 15 is 0 Å². The van der Waals surface area contributed by atoms with Crippen LogP contribution >= 0.6 is 0 Å². The minimum absolute atomic E-state index is 0.234. The highest BCUT2D eigenvalue weighted by Gasteiger charge is 2.13. The highest BCUT2D eigenvalue weighted by Crippen LogP contribution is 2.15. The molecule has 0 saturated heterocycles. The van der Waals surface area contributed by atoms with Gasteiger partial charge in [0.15, 0.2) is 0 Å². The summed E-state index contributed by atoms with van der Waals surface area (Å²) in [6.45, 7) is 0. The molecule has 70 valence electrons. The van der Waals surface area contributed by atoms with Gasteiger partial charge in [0.05, 0.1) is 12.4 Å². The zero-order valence-electron chi connectivity index (χ0n) is 7.19. The third kappa shape index (κ3) is 3.88. The Morgan fingerprint density at radius 3 is 2.83 bits per heavy atom. The molecule has 0 saturated carbocycles. The second-order valence-corrected chi connectivity index (χ2v) is 4.65. The van der Waals surface area contributed by atoms with Crippen LogP contribution in [0.25, 0.3) is 0 Å². The predicted octanol–water partition coefficient (Wildman–Crippen LogP) is 1.46. The molecule has 4 heteroatoms. The first-order valence-electron chi connectivity index (χ1n) is 4.13. The molecule has 1 atom stereocenters. The first-order chi connectivity index (χ1) is 5.58. The van der Waals surface area contributed by atoms with Gasteiger partial charge in [-0.25, -0.2) is 0 Å². The zero-order valence-corrected chi connectivity index (χ0v) is 8.01. The summed E-state index contributed by atoms with van der Waals surface area (Å²) < 4.78 is 26.4. The molecule has 1 rings (SSSR count). The van der Waals surface area contributed by atoms with Crippen molar-refractivity contribution in [3.63, 3.8) is 0 Å². The van der Waals surface area contributed by atoms with Gasteiger partial charge in [-0.05, 0) is 19.3 Å². The van der Waals surface area contributed by atoms with E-state index < -0.39 is 10.1 Å². The molecule has 0 heterocycles. The lowest BCUT2D eigenvalue weighted by Gasteiger charge is -2.09. The summed E-state index contributed by atoms with van der Waals surface area (Å²) in [7, 11) is -3.29. The Morgan fingerprint density at radius 2 is 2.17 bits per heavy atom. The molecule has 0 spiro atoms. The van der Waals surface area contributed by atoms with Crippen molar-refractivity contribution in [3.8, 4) is 0 Å². The number of hydrogen-bond acceptors (Lipinski definition) is 3. The summed E-state index contributed by atoms with van der Waals surface area (Å²) >= 11 is 0. The maximum atomic E-state index is 10.8. The van der Waals surface area contributed by atoms with Crippen molar-refractivity contribution < 1.29 is 12.6 Å². The highest BCUT2D eigenvalue weighted by molar-refractivity contribution is 7.86. The van der Waals surface area contributed by atoms with Crippen LogP contribution in [-0.2, 0) is 14.3 Å². The molecule has 3 nitrogen and oxygen atoms in total. The van der Waals surface area contributed by atoms with Crippen LogP contribution in [0.1, 0.15) is 25.7 Å². The van der Waals surface area contributed by atoms with Gasteiger partial charge in [0.2, 0.25) is 0 Å². The van der Waals surface area contributed by atoms with Gasteiger partial charge in [0.1, 0.15) is 0 Å². The molecule has 0 N–H and O–H groups in total. The molecular weight excluding hydrogens is 176 g/mol. The van der Waals surface area contributed by atoms with E-state index in [0.717, 1.165) is 31.9 Å². The second kappa shape index (κ2) is 4.05. The van der Waals surface area contributed by atoms with Crippen molar-refractivity contribution in [2.24, 2.45) is 0 Å². The minimum Gasteiger partial charge on any atom is -0.263 e. The third-order valence-electron chi connectivity index (χ3n) is 1.76. The molecule has 0 aromatic rings. The number of allylic oxidation sites excluding steroid dienone is 1. The Kier molecular flexibility index (Phi) is 3.29. The second-order valence-electron chi connectivity index (χ2n) is 3.05. The molecule has 0 bridgehead atoms. The monoisotopic (exact) mass is 190 g/mol. The van der Waals surface area contributed by atoms with E-state index in [1.807, 2.05) is 12.2 Å². The van der Waals surface area contributed by atoms with Crippen LogP contribution in [0.2, 0.25) is 0 Å². The molecule has 1 aliphatic rings. The van der Waals surface area contributed by atoms with Crippen molar-refractivity contribution in [3.05, 3.63) is 12.2 Å². The molecule has 0 aromatic carbocycles. The molecule has 0 radical (unpaired) electrons. The van der Waals surface area contributed by atoms with Crippen molar-refractivity contribution in [2.45, 2.75) is 31.8 Å². The van der Waals surface area contributed by atoms with E-state index in [1.165, 1.54) is 0 Å². The summed E-state index contributed by atoms with van der Waals surface area (Å²) in [6, 6.07) is 0. The number of hydrogen-bond donors (Lipinski definition) is 0. The van der Waals surface area contributed by atoms with Gasteiger partial charge in [-0.1, -0.05) is 18.6 Å². The fourth-order valence-corrected chi connectivity index (χ4v) is 1.87. The van der Waals surface area contributed by atoms with Crippen LogP contribution < -0.4 is 0 Å². The van der Waals surface area contributed by atoms with E-state index in [9.17, 15) is 8.42 Å². The normalized spacial score (nSPS) is 25.2. The quantitative estimate of drug-likeness (QED) is 0.489. The fourth-order valence-electron chi connectivity index (χ4n) is 1.26. The summed E-state index contributed by atoms with van der Waals surface area (Å²) in [6.07, 6.45) is 8.69. The lowest BCUT2D eigenvalue weighted by molar-refractivity contribution is 0.246. The standard InChI is InChI=1S/C8H14O3S/c1-12(9,10)11-8-6-4-2-3-5-7-8/h4,6,8H,2-3,5,7H2,1H3/t8-/m0/s1. The maximum absolute atomic E-state index is 10.8. The summed E-state index contributed by atoms with van der Waals surface area (Å²) in [5, 5.41) is 0. The van der Waals surface area contributed by atoms with Crippen LogP contribution in [0.5, 0.6) is 0 Å². The first kappa shape index (κ1) is 9.74. The van der Waals surface area contributed by atoms with Gasteiger partial charge in [-0.3, -0.25) is 4.18 Å². The Hall–Kier alpha value is -0.350. The summed E-state index contributed by atoms with van der Waals surface area (Å²) in [5.41, 5.74) is 0. The van der Waals surface area contributed by atoms with Gasteiger partial charge < -0.3 is 0 Å². The average molecular weight is 190 g/mol. The molecule has 1 aliphatic carbocycles. The fraction of sp³-hybridized carbons (Fsp3) is 0.750. The van der Waals surface area contributed by atoms with Crippen molar-refractivity contribution >= 4 is 10.1 Å². The first-order valence-corrected chi connectivity index (χ1v) is 5.94. The number of rotatable bonds is 2. The van der Waals surface area contributed by atoms with E-state index in [4.69, 9.17) is 4.18 Å². The van der Waals surface area contributed by atoms with E-state index in [0.29, 0.717) is 0 Å². The SMILES string of the molecule is CS(=O)(=O)O[C@H]1C=CCCCC1. The molecular formula is C8H14O3S. The minimum atomic E-state index is -3.29. The molecule has 0 aromatic heterocycles. The average Bonchev–Trinajstić information content (AvgIpc) is 2.12. The van der Waals surface area contributed by atoms with E-state index in [2.05, 4.69) is 0 Å². The van der Waals surface area contributed by atoms with Gasteiger partial charge in [0.25, 0.3) is 10.1 Å². The van der Waals surface area contributed by atoms with Gasteiger partial charge >= 0.3 is 0 Å². The van der Waals surface area contributed by atoms with Crippen LogP contribution in [0.3, 0.4) is 0 Å². The van der Waals surface area contributed by atoms with Gasteiger partial charge in [-0.15, -0.1) is 0 Å². The van der Waals surface area contributed by atoms with Crippen LogP contribution in [-0.4, -0.2) is 20.8 Å². The van der Waals surface area contributed by atoms with Gasteiger partial charge in [0, 0.05) is 0 Å². The smallest absolute Gasteiger partial charge is 0.263 e. The van der Waals surface area contributed by atoms with Crippen LogP contribution in [0.15, 0.2) is 12.2 Å². The van der Waals surface area contributed by atoms with Gasteiger partial charge in [-0.2, -0.15) is 8.42 Å². The van der Waals surface area contributed by atoms with Crippen molar-refractivity contribution in [2.75, 3.05) is 6.26 Å². The topological polar surface area (TPSA) is 43.4 Å². The van der Waals surface area contributed by atoms with Crippen molar-refractivity contribution in [1.29, 1.82) is 0 Å². The Morgan fingerprint density at radius 1 is 1.42 bits per heavy atom.